The third kappa shape index (κ3) is 2.30. The topological polar surface area (TPSA) is 17.8 Å². The fourth-order valence-electron chi connectivity index (χ4n) is 4.04. The van der Waals surface area contributed by atoms with Gasteiger partial charge in [0.05, 0.1) is 11.0 Å². The van der Waals surface area contributed by atoms with Crippen molar-refractivity contribution in [2.45, 2.75) is 0 Å². The van der Waals surface area contributed by atoms with Crippen LogP contribution in [0.25, 0.3) is 48.7 Å². The largest absolute Gasteiger partial charge is 0.309 e. The van der Waals surface area contributed by atoms with Crippen LogP contribution in [0.2, 0.25) is 0 Å². The first-order valence-electron chi connectivity index (χ1n) is 9.30. The lowest BCUT2D eigenvalue weighted by atomic mass is 10.1. The molecule has 0 saturated carbocycles. The Bertz CT molecular complexity index is 1440. The summed E-state index contributed by atoms with van der Waals surface area (Å²) in [5, 5.41) is 6.07. The molecule has 0 saturated heterocycles. The summed E-state index contributed by atoms with van der Waals surface area (Å²) in [5.41, 5.74) is 5.99. The Balaban J connectivity index is 1.62. The van der Waals surface area contributed by atoms with Crippen LogP contribution < -0.4 is 0 Å². The van der Waals surface area contributed by atoms with Crippen molar-refractivity contribution in [3.63, 3.8) is 0 Å². The highest BCUT2D eigenvalue weighted by Crippen LogP contribution is 2.36. The highest BCUT2D eigenvalue weighted by Gasteiger charge is 2.13. The van der Waals surface area contributed by atoms with Crippen LogP contribution in [-0.4, -0.2) is 9.55 Å². The predicted molar refractivity (Wildman–Crippen MR) is 119 cm³/mol. The van der Waals surface area contributed by atoms with Crippen molar-refractivity contribution in [1.82, 2.24) is 9.55 Å². The van der Waals surface area contributed by atoms with Crippen LogP contribution in [0.5, 0.6) is 0 Å². The van der Waals surface area contributed by atoms with Gasteiger partial charge in [0.15, 0.2) is 0 Å². The number of rotatable bonds is 2. The van der Waals surface area contributed by atoms with Gasteiger partial charge in [0.2, 0.25) is 0 Å². The summed E-state index contributed by atoms with van der Waals surface area (Å²) in [4.78, 5) is 4.24. The Morgan fingerprint density at radius 2 is 1.61 bits per heavy atom. The summed E-state index contributed by atoms with van der Waals surface area (Å²) in [6.07, 6.45) is 3.71. The van der Waals surface area contributed by atoms with Crippen molar-refractivity contribution >= 4 is 43.2 Å². The van der Waals surface area contributed by atoms with Gasteiger partial charge in [-0.1, -0.05) is 36.4 Å². The predicted octanol–water partition coefficient (Wildman–Crippen LogP) is 7.06. The molecular weight excluding hydrogens is 360 g/mol. The number of benzene rings is 3. The lowest BCUT2D eigenvalue weighted by Crippen LogP contribution is -1.93. The van der Waals surface area contributed by atoms with Crippen LogP contribution in [0.3, 0.4) is 0 Å². The average Bonchev–Trinajstić information content (AvgIpc) is 3.35. The smallest absolute Gasteiger partial charge is 0.0555 e. The van der Waals surface area contributed by atoms with E-state index >= 15 is 0 Å². The molecule has 2 nitrogen and oxygen atoms in total. The summed E-state index contributed by atoms with van der Waals surface area (Å²) < 4.78 is 3.69. The molecule has 0 atom stereocenters. The molecule has 3 heterocycles. The quantitative estimate of drug-likeness (QED) is 0.316. The van der Waals surface area contributed by atoms with E-state index in [9.17, 15) is 0 Å². The second-order valence-electron chi connectivity index (χ2n) is 6.97. The number of thiophene rings is 1. The maximum atomic E-state index is 4.24. The number of aromatic nitrogens is 2. The van der Waals surface area contributed by atoms with Gasteiger partial charge in [-0.3, -0.25) is 4.98 Å². The molecule has 3 aromatic heterocycles. The molecule has 0 fully saturated rings. The molecule has 3 aromatic carbocycles. The molecule has 3 heteroatoms. The average molecular weight is 376 g/mol. The third-order valence-corrected chi connectivity index (χ3v) is 6.25. The summed E-state index contributed by atoms with van der Waals surface area (Å²) in [5.74, 6) is 0. The number of nitrogens with zero attached hydrogens (tertiary/aromatic N) is 2. The molecule has 0 aliphatic heterocycles. The first-order chi connectivity index (χ1) is 13.9. The zero-order valence-electron chi connectivity index (χ0n) is 15.0. The molecule has 0 aliphatic rings. The Kier molecular flexibility index (Phi) is 3.37. The summed E-state index contributed by atoms with van der Waals surface area (Å²) in [7, 11) is 0. The van der Waals surface area contributed by atoms with E-state index < -0.39 is 0 Å². The Hall–Kier alpha value is -3.43. The van der Waals surface area contributed by atoms with Crippen LogP contribution in [0.4, 0.5) is 0 Å². The molecule has 0 aliphatic carbocycles. The molecule has 132 valence electrons. The standard InChI is InChI=1S/C25H16N2S/c1-2-6-23-21(5-1)22-14-18-11-13-28-25(18)15-24(22)27(23)20-9-7-17(8-10-20)19-4-3-12-26-16-19/h1-16H. The van der Waals surface area contributed by atoms with Crippen molar-refractivity contribution in [2.75, 3.05) is 0 Å². The second kappa shape index (κ2) is 6.04. The van der Waals surface area contributed by atoms with Gasteiger partial charge in [-0.05, 0) is 64.4 Å². The molecule has 0 N–H and O–H groups in total. The van der Waals surface area contributed by atoms with Gasteiger partial charge >= 0.3 is 0 Å². The van der Waals surface area contributed by atoms with Crippen molar-refractivity contribution in [3.8, 4) is 16.8 Å². The molecule has 28 heavy (non-hydrogen) atoms. The van der Waals surface area contributed by atoms with E-state index in [0.29, 0.717) is 0 Å². The molecule has 6 rings (SSSR count). The molecule has 0 radical (unpaired) electrons. The molecule has 0 spiro atoms. The number of pyridine rings is 1. The lowest BCUT2D eigenvalue weighted by molar-refractivity contribution is 1.18. The maximum Gasteiger partial charge on any atom is 0.0555 e. The van der Waals surface area contributed by atoms with Gasteiger partial charge in [-0.15, -0.1) is 11.3 Å². The van der Waals surface area contributed by atoms with Crippen molar-refractivity contribution in [3.05, 3.63) is 96.6 Å². The normalized spacial score (nSPS) is 11.6. The van der Waals surface area contributed by atoms with Gasteiger partial charge in [0.25, 0.3) is 0 Å². The first kappa shape index (κ1) is 15.6. The second-order valence-corrected chi connectivity index (χ2v) is 7.92. The van der Waals surface area contributed by atoms with Crippen LogP contribution in [0, 0.1) is 0 Å². The highest BCUT2D eigenvalue weighted by molar-refractivity contribution is 7.17. The van der Waals surface area contributed by atoms with Gasteiger partial charge in [0, 0.05) is 33.6 Å². The Labute approximate surface area is 166 Å². The minimum Gasteiger partial charge on any atom is -0.309 e. The summed E-state index contributed by atoms with van der Waals surface area (Å²) in [6.45, 7) is 0. The molecular formula is C25H16N2S. The van der Waals surface area contributed by atoms with E-state index in [2.05, 4.69) is 87.7 Å². The van der Waals surface area contributed by atoms with Crippen LogP contribution in [-0.2, 0) is 0 Å². The van der Waals surface area contributed by atoms with Crippen LogP contribution >= 0.6 is 11.3 Å². The van der Waals surface area contributed by atoms with E-state index in [4.69, 9.17) is 0 Å². The molecule has 0 amide bonds. The molecule has 0 unspecified atom stereocenters. The van der Waals surface area contributed by atoms with Crippen LogP contribution in [0.1, 0.15) is 0 Å². The van der Waals surface area contributed by atoms with Crippen molar-refractivity contribution in [1.29, 1.82) is 0 Å². The third-order valence-electron chi connectivity index (χ3n) is 5.37. The van der Waals surface area contributed by atoms with Crippen LogP contribution in [0.15, 0.2) is 96.6 Å². The molecule has 6 aromatic rings. The van der Waals surface area contributed by atoms with Crippen molar-refractivity contribution in [2.24, 2.45) is 0 Å². The van der Waals surface area contributed by atoms with Crippen molar-refractivity contribution < 1.29 is 0 Å². The highest BCUT2D eigenvalue weighted by atomic mass is 32.1. The molecule has 0 bridgehead atoms. The number of hydrogen-bond donors (Lipinski definition) is 0. The Morgan fingerprint density at radius 3 is 2.46 bits per heavy atom. The maximum absolute atomic E-state index is 4.24. The zero-order valence-corrected chi connectivity index (χ0v) is 15.9. The van der Waals surface area contributed by atoms with E-state index in [1.165, 1.54) is 43.1 Å². The monoisotopic (exact) mass is 376 g/mol. The number of hydrogen-bond acceptors (Lipinski definition) is 2. The number of fused-ring (bicyclic) bond motifs is 4. The fraction of sp³-hybridized carbons (Fsp3) is 0. The fourth-order valence-corrected chi connectivity index (χ4v) is 4.84. The van der Waals surface area contributed by atoms with Gasteiger partial charge in [-0.2, -0.15) is 0 Å². The van der Waals surface area contributed by atoms with E-state index in [1.807, 2.05) is 12.3 Å². The van der Waals surface area contributed by atoms with E-state index in [0.717, 1.165) is 5.56 Å². The SMILES string of the molecule is c1cncc(-c2ccc(-n3c4ccccc4c4cc5ccsc5cc43)cc2)c1. The summed E-state index contributed by atoms with van der Waals surface area (Å²) >= 11 is 1.80. The van der Waals surface area contributed by atoms with E-state index in [-0.39, 0.29) is 0 Å². The Morgan fingerprint density at radius 1 is 0.714 bits per heavy atom. The zero-order chi connectivity index (χ0) is 18.5. The minimum atomic E-state index is 1.14. The lowest BCUT2D eigenvalue weighted by Gasteiger charge is -2.09. The van der Waals surface area contributed by atoms with Gasteiger partial charge in [0.1, 0.15) is 0 Å². The van der Waals surface area contributed by atoms with Gasteiger partial charge < -0.3 is 4.57 Å². The minimum absolute atomic E-state index is 1.14. The summed E-state index contributed by atoms with van der Waals surface area (Å²) in [6, 6.07) is 28.3. The first-order valence-corrected chi connectivity index (χ1v) is 10.2. The van der Waals surface area contributed by atoms with Gasteiger partial charge in [-0.25, -0.2) is 0 Å². The van der Waals surface area contributed by atoms with E-state index in [1.54, 1.807) is 17.5 Å². The number of para-hydroxylation sites is 1.